The van der Waals surface area contributed by atoms with Gasteiger partial charge in [0.05, 0.1) is 11.7 Å². The Morgan fingerprint density at radius 2 is 1.47 bits per heavy atom. The maximum absolute atomic E-state index is 13.6. The molecule has 0 bridgehead atoms. The van der Waals surface area contributed by atoms with Crippen LogP contribution in [0.5, 0.6) is 0 Å². The molecule has 1 aliphatic rings. The molecule has 4 rings (SSSR count). The Bertz CT molecular complexity index is 1380. The van der Waals surface area contributed by atoms with Gasteiger partial charge in [-0.3, -0.25) is 4.79 Å². The van der Waals surface area contributed by atoms with Gasteiger partial charge in [-0.1, -0.05) is 75.7 Å². The molecule has 0 saturated heterocycles. The fourth-order valence-corrected chi connectivity index (χ4v) is 5.26. The summed E-state index contributed by atoms with van der Waals surface area (Å²) in [5.74, 6) is -1.07. The summed E-state index contributed by atoms with van der Waals surface area (Å²) in [4.78, 5) is 26.4. The van der Waals surface area contributed by atoms with Crippen LogP contribution in [0, 0.1) is 6.92 Å². The van der Waals surface area contributed by atoms with E-state index in [0.29, 0.717) is 11.1 Å². The van der Waals surface area contributed by atoms with Gasteiger partial charge in [0.15, 0.2) is 0 Å². The highest BCUT2D eigenvalue weighted by molar-refractivity contribution is 6.06. The number of carbonyl (C=O) groups is 2. The highest BCUT2D eigenvalue weighted by Crippen LogP contribution is 2.50. The van der Waals surface area contributed by atoms with E-state index in [-0.39, 0.29) is 22.3 Å². The van der Waals surface area contributed by atoms with Crippen LogP contribution in [0.3, 0.4) is 0 Å². The molecule has 5 heteroatoms. The Kier molecular flexibility index (Phi) is 7.35. The van der Waals surface area contributed by atoms with Crippen molar-refractivity contribution < 1.29 is 19.8 Å². The van der Waals surface area contributed by atoms with Crippen LogP contribution in [0.4, 0.5) is 5.69 Å². The van der Waals surface area contributed by atoms with Gasteiger partial charge in [0, 0.05) is 18.3 Å². The molecule has 2 N–H and O–H groups in total. The zero-order chi connectivity index (χ0) is 27.8. The van der Waals surface area contributed by atoms with Crippen LogP contribution >= 0.6 is 0 Å². The number of hydrogen-bond acceptors (Lipinski definition) is 3. The summed E-state index contributed by atoms with van der Waals surface area (Å²) < 4.78 is 0. The molecule has 3 aromatic carbocycles. The number of aliphatic hydroxyl groups is 1. The number of hydrogen-bond donors (Lipinski definition) is 2. The molecule has 0 aromatic heterocycles. The van der Waals surface area contributed by atoms with E-state index in [2.05, 4.69) is 33.8 Å². The Labute approximate surface area is 225 Å². The number of anilines is 1. The van der Waals surface area contributed by atoms with Gasteiger partial charge in [-0.15, -0.1) is 0 Å². The lowest BCUT2D eigenvalue weighted by atomic mass is 9.62. The monoisotopic (exact) mass is 511 g/mol. The molecule has 198 valence electrons. The third-order valence-electron chi connectivity index (χ3n) is 7.86. The fraction of sp³-hybridized carbons (Fsp3) is 0.333. The Morgan fingerprint density at radius 3 is 2.08 bits per heavy atom. The highest BCUT2D eigenvalue weighted by atomic mass is 16.4. The van der Waals surface area contributed by atoms with Gasteiger partial charge in [-0.2, -0.15) is 0 Å². The summed E-state index contributed by atoms with van der Waals surface area (Å²) in [6.45, 7) is 10.9. The minimum Gasteiger partial charge on any atom is -0.478 e. The number of carboxylic acids is 1. The lowest BCUT2D eigenvalue weighted by Gasteiger charge is -2.44. The normalized spacial score (nSPS) is 16.6. The van der Waals surface area contributed by atoms with Crippen molar-refractivity contribution in [2.24, 2.45) is 0 Å². The zero-order valence-corrected chi connectivity index (χ0v) is 23.1. The molecular weight excluding hydrogens is 474 g/mol. The summed E-state index contributed by atoms with van der Waals surface area (Å²) >= 11 is 0. The molecule has 3 aromatic rings. The first-order valence-corrected chi connectivity index (χ1v) is 13.0. The molecule has 0 saturated carbocycles. The lowest BCUT2D eigenvalue weighted by molar-refractivity contribution is 0.0696. The summed E-state index contributed by atoms with van der Waals surface area (Å²) in [6, 6.07) is 18.1. The van der Waals surface area contributed by atoms with Gasteiger partial charge in [-0.25, -0.2) is 4.79 Å². The van der Waals surface area contributed by atoms with Crippen molar-refractivity contribution in [2.45, 2.75) is 64.4 Å². The second-order valence-corrected chi connectivity index (χ2v) is 11.7. The SMILES string of the molecule is Cc1ccc(C(=O)N(C)c2cc(C(O)/C=C/c3ccc(C(=O)O)cc3)cc3c2C(C)(C)CCC3(C)C)cc1. The standard InChI is InChI=1S/C33H37NO4/c1-21-7-12-23(13-8-21)30(36)34(6)27-20-25(19-26-29(27)33(4,5)18-17-32(26,2)3)28(35)16-11-22-9-14-24(15-10-22)31(37)38/h7-16,19-20,28,35H,17-18H2,1-6H3,(H,37,38)/b16-11+. The molecule has 0 spiro atoms. The van der Waals surface area contributed by atoms with E-state index in [0.717, 1.165) is 40.8 Å². The van der Waals surface area contributed by atoms with Crippen molar-refractivity contribution in [3.8, 4) is 0 Å². The van der Waals surface area contributed by atoms with E-state index in [9.17, 15) is 14.7 Å². The number of fused-ring (bicyclic) bond motifs is 1. The number of aromatic carboxylic acids is 1. The van der Waals surface area contributed by atoms with Crippen molar-refractivity contribution in [1.82, 2.24) is 0 Å². The van der Waals surface area contributed by atoms with Crippen LogP contribution in [0.15, 0.2) is 66.7 Å². The Balaban J connectivity index is 1.78. The van der Waals surface area contributed by atoms with Crippen LogP contribution in [-0.2, 0) is 10.8 Å². The maximum Gasteiger partial charge on any atom is 0.335 e. The summed E-state index contributed by atoms with van der Waals surface area (Å²) in [6.07, 6.45) is 4.59. The minimum atomic E-state index is -0.975. The van der Waals surface area contributed by atoms with Crippen LogP contribution in [0.2, 0.25) is 0 Å². The van der Waals surface area contributed by atoms with Gasteiger partial charge >= 0.3 is 5.97 Å². The molecular formula is C33H37NO4. The van der Waals surface area contributed by atoms with E-state index in [1.807, 2.05) is 44.3 Å². The van der Waals surface area contributed by atoms with E-state index in [4.69, 9.17) is 5.11 Å². The predicted octanol–water partition coefficient (Wildman–Crippen LogP) is 7.07. The van der Waals surface area contributed by atoms with Crippen LogP contribution in [0.25, 0.3) is 6.08 Å². The van der Waals surface area contributed by atoms with E-state index >= 15 is 0 Å². The van der Waals surface area contributed by atoms with Crippen molar-refractivity contribution in [2.75, 3.05) is 11.9 Å². The van der Waals surface area contributed by atoms with Crippen molar-refractivity contribution in [1.29, 1.82) is 0 Å². The molecule has 0 radical (unpaired) electrons. The predicted molar refractivity (Wildman–Crippen MR) is 153 cm³/mol. The fourth-order valence-electron chi connectivity index (χ4n) is 5.26. The number of amides is 1. The molecule has 5 nitrogen and oxygen atoms in total. The molecule has 1 unspecified atom stereocenters. The van der Waals surface area contributed by atoms with Gasteiger partial charge in [0.25, 0.3) is 5.91 Å². The molecule has 38 heavy (non-hydrogen) atoms. The van der Waals surface area contributed by atoms with Gasteiger partial charge in [0.2, 0.25) is 0 Å². The first kappa shape index (κ1) is 27.3. The third-order valence-corrected chi connectivity index (χ3v) is 7.86. The molecule has 0 aliphatic heterocycles. The van der Waals surface area contributed by atoms with E-state index < -0.39 is 12.1 Å². The molecule has 1 aliphatic carbocycles. The summed E-state index contributed by atoms with van der Waals surface area (Å²) in [7, 11) is 1.81. The molecule has 1 atom stereocenters. The van der Waals surface area contributed by atoms with Crippen LogP contribution in [-0.4, -0.2) is 29.1 Å². The van der Waals surface area contributed by atoms with Gasteiger partial charge in [-0.05, 0) is 83.2 Å². The maximum atomic E-state index is 13.6. The van der Waals surface area contributed by atoms with E-state index in [1.165, 1.54) is 0 Å². The minimum absolute atomic E-state index is 0.0907. The largest absolute Gasteiger partial charge is 0.478 e. The highest BCUT2D eigenvalue weighted by Gasteiger charge is 2.40. The summed E-state index contributed by atoms with van der Waals surface area (Å²) in [5, 5.41) is 20.4. The number of benzene rings is 3. The quantitative estimate of drug-likeness (QED) is 0.371. The number of carbonyl (C=O) groups excluding carboxylic acids is 1. The van der Waals surface area contributed by atoms with Crippen molar-refractivity contribution in [3.63, 3.8) is 0 Å². The second kappa shape index (κ2) is 10.2. The topological polar surface area (TPSA) is 77.8 Å². The van der Waals surface area contributed by atoms with Gasteiger partial charge in [0.1, 0.15) is 0 Å². The van der Waals surface area contributed by atoms with Crippen molar-refractivity contribution in [3.05, 3.63) is 106 Å². The number of rotatable bonds is 6. The van der Waals surface area contributed by atoms with E-state index in [1.54, 1.807) is 41.3 Å². The molecule has 0 heterocycles. The van der Waals surface area contributed by atoms with Crippen LogP contribution < -0.4 is 4.90 Å². The number of aliphatic hydroxyl groups excluding tert-OH is 1. The van der Waals surface area contributed by atoms with Crippen molar-refractivity contribution >= 4 is 23.6 Å². The Morgan fingerprint density at radius 1 is 0.895 bits per heavy atom. The molecule has 0 fully saturated rings. The number of aryl methyl sites for hydroxylation is 1. The zero-order valence-electron chi connectivity index (χ0n) is 23.1. The van der Waals surface area contributed by atoms with Gasteiger partial charge < -0.3 is 15.1 Å². The second-order valence-electron chi connectivity index (χ2n) is 11.7. The Hall–Kier alpha value is -3.70. The number of nitrogens with zero attached hydrogens (tertiary/aromatic N) is 1. The molecule has 1 amide bonds. The summed E-state index contributed by atoms with van der Waals surface area (Å²) in [5.41, 5.74) is 6.32. The average Bonchev–Trinajstić information content (AvgIpc) is 2.89. The average molecular weight is 512 g/mol. The first-order valence-electron chi connectivity index (χ1n) is 13.0. The lowest BCUT2D eigenvalue weighted by Crippen LogP contribution is -2.37. The third kappa shape index (κ3) is 5.44. The smallest absolute Gasteiger partial charge is 0.335 e. The first-order chi connectivity index (χ1) is 17.8. The van der Waals surface area contributed by atoms with Crippen LogP contribution in [0.1, 0.15) is 95.2 Å². The number of carboxylic acid groups (broad SMARTS) is 1.